The van der Waals surface area contributed by atoms with Crippen LogP contribution < -0.4 is 21.7 Å². The predicted molar refractivity (Wildman–Crippen MR) is 123 cm³/mol. The summed E-state index contributed by atoms with van der Waals surface area (Å²) in [5.74, 6) is -0.945. The Morgan fingerprint density at radius 2 is 1.91 bits per heavy atom. The molecule has 1 heterocycles. The number of thiocarbonyl (C=S) groups is 1. The number of primary amides is 1. The first-order chi connectivity index (χ1) is 15.1. The van der Waals surface area contributed by atoms with Gasteiger partial charge in [-0.3, -0.25) is 9.59 Å². The summed E-state index contributed by atoms with van der Waals surface area (Å²) in [4.78, 5) is 33.2. The molecule has 1 aliphatic carbocycles. The second-order valence-electron chi connectivity index (χ2n) is 6.89. The summed E-state index contributed by atoms with van der Waals surface area (Å²) in [6.07, 6.45) is 5.48. The van der Waals surface area contributed by atoms with Gasteiger partial charge in [-0.05, 0) is 35.9 Å². The monoisotopic (exact) mass is 474 g/mol. The van der Waals surface area contributed by atoms with Crippen molar-refractivity contribution in [3.05, 3.63) is 72.2 Å². The highest BCUT2D eigenvalue weighted by Crippen LogP contribution is 2.40. The molecule has 1 aliphatic rings. The van der Waals surface area contributed by atoms with E-state index in [1.165, 1.54) is 37.5 Å². The molecular weight excluding hydrogens is 456 g/mol. The zero-order valence-corrected chi connectivity index (χ0v) is 18.3. The Balaban J connectivity index is 2.05. The molecule has 9 nitrogen and oxygen atoms in total. The molecular formula is C21H19ClN4O5S. The van der Waals surface area contributed by atoms with Crippen LogP contribution in [0.1, 0.15) is 23.0 Å². The van der Waals surface area contributed by atoms with Gasteiger partial charge in [-0.1, -0.05) is 36.5 Å². The van der Waals surface area contributed by atoms with Crippen molar-refractivity contribution in [2.45, 2.75) is 17.5 Å². The molecule has 0 saturated carbocycles. The molecule has 2 atom stereocenters. The summed E-state index contributed by atoms with van der Waals surface area (Å²) in [6.45, 7) is 1.19. The summed E-state index contributed by atoms with van der Waals surface area (Å²) >= 11 is 11.9. The van der Waals surface area contributed by atoms with Crippen molar-refractivity contribution in [3.63, 3.8) is 0 Å². The molecule has 1 aromatic heterocycles. The fraction of sp³-hybridized carbons (Fsp3) is 0.143. The van der Waals surface area contributed by atoms with E-state index in [1.54, 1.807) is 30.3 Å². The summed E-state index contributed by atoms with van der Waals surface area (Å²) in [5.41, 5.74) is 4.38. The molecule has 4 amide bonds. The van der Waals surface area contributed by atoms with Gasteiger partial charge >= 0.3 is 6.03 Å². The summed E-state index contributed by atoms with van der Waals surface area (Å²) in [7, 11) is 0. The molecule has 2 aromatic rings. The largest absolute Gasteiger partial charge is 0.459 e. The summed E-state index contributed by atoms with van der Waals surface area (Å²) < 4.78 is 5.11. The molecule has 0 aliphatic heterocycles. The highest BCUT2D eigenvalue weighted by molar-refractivity contribution is 7.80. The molecule has 0 fully saturated rings. The maximum absolute atomic E-state index is 12.5. The highest BCUT2D eigenvalue weighted by atomic mass is 35.5. The fourth-order valence-corrected chi connectivity index (χ4v) is 3.74. The van der Waals surface area contributed by atoms with Crippen LogP contribution in [0, 0.1) is 0 Å². The Labute approximate surface area is 193 Å². The quantitative estimate of drug-likeness (QED) is 0.255. The minimum Gasteiger partial charge on any atom is -0.459 e. The number of alkyl halides is 1. The molecule has 3 rings (SSSR count). The third kappa shape index (κ3) is 4.57. The zero-order valence-electron chi connectivity index (χ0n) is 16.7. The van der Waals surface area contributed by atoms with E-state index in [0.29, 0.717) is 16.8 Å². The van der Waals surface area contributed by atoms with Crippen molar-refractivity contribution in [3.8, 4) is 0 Å². The van der Waals surface area contributed by atoms with Gasteiger partial charge in [-0.25, -0.2) is 4.79 Å². The molecule has 1 aromatic carbocycles. The van der Waals surface area contributed by atoms with E-state index >= 15 is 0 Å². The van der Waals surface area contributed by atoms with Crippen LogP contribution in [0.5, 0.6) is 0 Å². The lowest BCUT2D eigenvalue weighted by Gasteiger charge is -2.42. The highest BCUT2D eigenvalue weighted by Gasteiger charge is 2.52. The van der Waals surface area contributed by atoms with E-state index in [4.69, 9.17) is 34.0 Å². The SMILES string of the molecule is CC(=O)NC1(O)C=CC(c2ccccc2NC(=O)c2ccco2)=CC1(Cl)C(=S)NC(N)=O. The molecule has 11 heteroatoms. The van der Waals surface area contributed by atoms with E-state index in [-0.39, 0.29) is 10.7 Å². The number of anilines is 1. The van der Waals surface area contributed by atoms with Gasteiger partial charge in [0.25, 0.3) is 5.91 Å². The van der Waals surface area contributed by atoms with Crippen LogP contribution in [0.3, 0.4) is 0 Å². The average Bonchev–Trinajstić information content (AvgIpc) is 3.25. The van der Waals surface area contributed by atoms with Gasteiger partial charge < -0.3 is 31.2 Å². The molecule has 0 radical (unpaired) electrons. The Kier molecular flexibility index (Phi) is 6.49. The third-order valence-electron chi connectivity index (χ3n) is 4.58. The maximum atomic E-state index is 12.5. The lowest BCUT2D eigenvalue weighted by Crippen LogP contribution is -2.66. The van der Waals surface area contributed by atoms with Gasteiger partial charge in [-0.15, -0.1) is 11.6 Å². The van der Waals surface area contributed by atoms with Gasteiger partial charge in [0.15, 0.2) is 16.4 Å². The van der Waals surface area contributed by atoms with Crippen molar-refractivity contribution < 1.29 is 23.9 Å². The number of hydrogen-bond acceptors (Lipinski definition) is 6. The molecule has 32 heavy (non-hydrogen) atoms. The van der Waals surface area contributed by atoms with Gasteiger partial charge in [0.1, 0.15) is 4.99 Å². The van der Waals surface area contributed by atoms with E-state index < -0.39 is 28.4 Å². The Bertz CT molecular complexity index is 1150. The van der Waals surface area contributed by atoms with E-state index in [1.807, 2.05) is 0 Å². The van der Waals surface area contributed by atoms with E-state index in [0.717, 1.165) is 0 Å². The minimum atomic E-state index is -2.17. The number of furan rings is 1. The topological polar surface area (TPSA) is 147 Å². The van der Waals surface area contributed by atoms with Crippen LogP contribution in [0.25, 0.3) is 5.57 Å². The zero-order chi connectivity index (χ0) is 23.5. The Hall–Kier alpha value is -3.47. The van der Waals surface area contributed by atoms with Crippen molar-refractivity contribution in [1.29, 1.82) is 0 Å². The number of halogens is 1. The van der Waals surface area contributed by atoms with Crippen molar-refractivity contribution in [1.82, 2.24) is 10.6 Å². The number of allylic oxidation sites excluding steroid dienone is 2. The fourth-order valence-electron chi connectivity index (χ4n) is 3.15. The second-order valence-corrected chi connectivity index (χ2v) is 7.89. The summed E-state index contributed by atoms with van der Waals surface area (Å²) in [6, 6.07) is 8.93. The molecule has 0 saturated heterocycles. The van der Waals surface area contributed by atoms with Crippen molar-refractivity contribution >= 4 is 57.9 Å². The number of urea groups is 1. The smallest absolute Gasteiger partial charge is 0.317 e. The van der Waals surface area contributed by atoms with Crippen LogP contribution >= 0.6 is 23.8 Å². The van der Waals surface area contributed by atoms with Crippen molar-refractivity contribution in [2.75, 3.05) is 5.32 Å². The number of nitrogens with two attached hydrogens (primary N) is 1. The lowest BCUT2D eigenvalue weighted by molar-refractivity contribution is -0.124. The molecule has 6 N–H and O–H groups in total. The minimum absolute atomic E-state index is 0.117. The van der Waals surface area contributed by atoms with Crippen LogP contribution in [0.2, 0.25) is 0 Å². The molecule has 0 bridgehead atoms. The van der Waals surface area contributed by atoms with Gasteiger partial charge in [-0.2, -0.15) is 0 Å². The van der Waals surface area contributed by atoms with Crippen LogP contribution in [-0.2, 0) is 4.79 Å². The standard InChI is InChI=1S/C21H19ClN4O5S/c1-12(27)26-21(30)9-8-13(11-20(21,22)18(32)25-19(23)29)14-5-2-3-6-15(14)24-17(28)16-7-4-10-31-16/h2-11,30H,1H3,(H,24,28)(H,26,27)(H3,23,25,29,32). The number of rotatable bonds is 5. The number of para-hydroxylation sites is 1. The summed E-state index contributed by atoms with van der Waals surface area (Å²) in [5, 5.41) is 18.4. The maximum Gasteiger partial charge on any atom is 0.317 e. The number of nitrogens with one attached hydrogen (secondary N) is 3. The van der Waals surface area contributed by atoms with E-state index in [2.05, 4.69) is 16.0 Å². The molecule has 0 spiro atoms. The van der Waals surface area contributed by atoms with Crippen LogP contribution in [0.4, 0.5) is 10.5 Å². The first-order valence-corrected chi connectivity index (χ1v) is 10.0. The number of carbonyl (C=O) groups is 3. The van der Waals surface area contributed by atoms with Crippen LogP contribution in [0.15, 0.2) is 65.3 Å². The van der Waals surface area contributed by atoms with Gasteiger partial charge in [0.2, 0.25) is 5.91 Å². The normalized spacial score (nSPS) is 21.9. The number of carbonyl (C=O) groups excluding carboxylic acids is 3. The van der Waals surface area contributed by atoms with Crippen LogP contribution in [-0.4, -0.2) is 38.5 Å². The first kappa shape index (κ1) is 23.2. The molecule has 2 unspecified atom stereocenters. The van der Waals surface area contributed by atoms with Gasteiger partial charge in [0.05, 0.1) is 6.26 Å². The predicted octanol–water partition coefficient (Wildman–Crippen LogP) is 2.28. The third-order valence-corrected chi connectivity index (χ3v) is 5.70. The van der Waals surface area contributed by atoms with Crippen molar-refractivity contribution in [2.24, 2.45) is 5.73 Å². The lowest BCUT2D eigenvalue weighted by atomic mass is 9.84. The van der Waals surface area contributed by atoms with E-state index in [9.17, 15) is 19.5 Å². The Morgan fingerprint density at radius 3 is 2.53 bits per heavy atom. The number of aliphatic hydroxyl groups is 1. The Morgan fingerprint density at radius 1 is 1.19 bits per heavy atom. The number of amides is 4. The number of benzene rings is 1. The second kappa shape index (κ2) is 8.95. The first-order valence-electron chi connectivity index (χ1n) is 9.23. The molecule has 166 valence electrons. The number of hydrogen-bond donors (Lipinski definition) is 5. The average molecular weight is 475 g/mol. The van der Waals surface area contributed by atoms with Gasteiger partial charge in [0, 0.05) is 18.2 Å².